The van der Waals surface area contributed by atoms with Crippen LogP contribution in [0.1, 0.15) is 21.3 Å². The maximum Gasteiger partial charge on any atom is 0.296 e. The van der Waals surface area contributed by atoms with Gasteiger partial charge in [-0.15, -0.1) is 21.5 Å². The summed E-state index contributed by atoms with van der Waals surface area (Å²) < 4.78 is 0. The summed E-state index contributed by atoms with van der Waals surface area (Å²) in [5.41, 5.74) is 3.14. The van der Waals surface area contributed by atoms with Crippen LogP contribution in [0.2, 0.25) is 0 Å². The first kappa shape index (κ1) is 16.8. The van der Waals surface area contributed by atoms with Gasteiger partial charge in [0, 0.05) is 22.7 Å². The van der Waals surface area contributed by atoms with E-state index in [0.29, 0.717) is 15.6 Å². The normalized spacial score (nSPS) is 17.1. The molecule has 4 aromatic rings. The quantitative estimate of drug-likeness (QED) is 0.500. The molecule has 28 heavy (non-hydrogen) atoms. The molecule has 1 unspecified atom stereocenters. The Morgan fingerprint density at radius 3 is 2.79 bits per heavy atom. The third-order valence-corrected chi connectivity index (χ3v) is 6.23. The third kappa shape index (κ3) is 2.40. The van der Waals surface area contributed by atoms with Crippen LogP contribution in [0, 0.1) is 0 Å². The fourth-order valence-electron chi connectivity index (χ4n) is 3.46. The van der Waals surface area contributed by atoms with Gasteiger partial charge in [-0.1, -0.05) is 35.6 Å². The summed E-state index contributed by atoms with van der Waals surface area (Å²) in [5, 5.41) is 21.4. The fraction of sp³-hybridized carbons (Fsp3) is 0.0526. The molecule has 0 aliphatic carbocycles. The predicted octanol–water partition coefficient (Wildman–Crippen LogP) is 3.86. The van der Waals surface area contributed by atoms with E-state index in [2.05, 4.69) is 15.2 Å². The number of H-pyrrole nitrogens is 1. The maximum absolute atomic E-state index is 13.2. The average Bonchev–Trinajstić information content (AvgIpc) is 3.49. The van der Waals surface area contributed by atoms with Crippen LogP contribution in [-0.4, -0.2) is 32.0 Å². The molecule has 1 aromatic carbocycles. The molecule has 0 fully saturated rings. The fourth-order valence-corrected chi connectivity index (χ4v) is 4.72. The van der Waals surface area contributed by atoms with Crippen molar-refractivity contribution in [1.29, 1.82) is 0 Å². The summed E-state index contributed by atoms with van der Waals surface area (Å²) in [5.74, 6) is -1.58. The minimum atomic E-state index is -0.800. The summed E-state index contributed by atoms with van der Waals surface area (Å²) in [6.45, 7) is 0. The van der Waals surface area contributed by atoms with Crippen LogP contribution in [0.5, 0.6) is 0 Å². The lowest BCUT2D eigenvalue weighted by Crippen LogP contribution is -2.30. The number of fused-ring (bicyclic) bond motifs is 1. The number of ketones is 1. The first-order chi connectivity index (χ1) is 13.7. The minimum Gasteiger partial charge on any atom is -0.503 e. The number of anilines is 1. The molecule has 2 N–H and O–H groups in total. The highest BCUT2D eigenvalue weighted by Gasteiger charge is 2.46. The smallest absolute Gasteiger partial charge is 0.296 e. The van der Waals surface area contributed by atoms with Crippen LogP contribution in [0.4, 0.5) is 5.13 Å². The molecule has 5 rings (SSSR count). The second kappa shape index (κ2) is 6.39. The molecule has 0 saturated carbocycles. The number of benzene rings is 1. The molecule has 0 spiro atoms. The number of nitrogens with one attached hydrogen (secondary N) is 1. The number of amides is 1. The molecule has 3 aromatic heterocycles. The van der Waals surface area contributed by atoms with E-state index in [1.165, 1.54) is 33.1 Å². The molecular formula is C19H12N4O3S2. The minimum absolute atomic E-state index is 0.0485. The van der Waals surface area contributed by atoms with E-state index < -0.39 is 17.7 Å². The number of Topliss-reactive ketones (excluding diaryl/α,β-unsaturated/α-hetero) is 1. The number of para-hydroxylation sites is 1. The molecule has 1 aliphatic heterocycles. The highest BCUT2D eigenvalue weighted by atomic mass is 32.1. The molecule has 1 aliphatic rings. The van der Waals surface area contributed by atoms with E-state index in [9.17, 15) is 14.7 Å². The third-order valence-electron chi connectivity index (χ3n) is 4.67. The van der Waals surface area contributed by atoms with Gasteiger partial charge in [-0.25, -0.2) is 0 Å². The molecule has 0 saturated heterocycles. The number of hydrogen-bond donors (Lipinski definition) is 2. The van der Waals surface area contributed by atoms with E-state index in [-0.39, 0.29) is 11.4 Å². The Hall–Kier alpha value is -3.30. The zero-order valence-electron chi connectivity index (χ0n) is 14.2. The Balaban J connectivity index is 1.74. The average molecular weight is 408 g/mol. The number of nitrogens with zero attached hydrogens (tertiary/aromatic N) is 3. The summed E-state index contributed by atoms with van der Waals surface area (Å²) in [6.07, 6.45) is 1.76. The lowest BCUT2D eigenvalue weighted by atomic mass is 9.95. The van der Waals surface area contributed by atoms with Crippen molar-refractivity contribution in [2.24, 2.45) is 0 Å². The van der Waals surface area contributed by atoms with Gasteiger partial charge in [0.25, 0.3) is 5.91 Å². The molecule has 7 nitrogen and oxygen atoms in total. The van der Waals surface area contributed by atoms with Gasteiger partial charge in [0.15, 0.2) is 5.76 Å². The molecule has 9 heteroatoms. The van der Waals surface area contributed by atoms with Crippen molar-refractivity contribution in [3.63, 3.8) is 0 Å². The second-order valence-corrected chi connectivity index (χ2v) is 7.92. The van der Waals surface area contributed by atoms with Gasteiger partial charge >= 0.3 is 0 Å². The molecular weight excluding hydrogens is 396 g/mol. The number of thiophene rings is 1. The van der Waals surface area contributed by atoms with Crippen molar-refractivity contribution in [3.05, 3.63) is 75.3 Å². The number of aliphatic hydroxyl groups is 1. The van der Waals surface area contributed by atoms with Gasteiger partial charge in [-0.05, 0) is 17.5 Å². The monoisotopic (exact) mass is 408 g/mol. The van der Waals surface area contributed by atoms with Crippen molar-refractivity contribution >= 4 is 50.4 Å². The largest absolute Gasteiger partial charge is 0.503 e. The maximum atomic E-state index is 13.2. The number of hydrogen-bond acceptors (Lipinski definition) is 7. The Morgan fingerprint density at radius 1 is 1.18 bits per heavy atom. The van der Waals surface area contributed by atoms with Crippen LogP contribution in [0.25, 0.3) is 10.9 Å². The number of aromatic amines is 1. The molecule has 0 bridgehead atoms. The molecule has 0 radical (unpaired) electrons. The van der Waals surface area contributed by atoms with Gasteiger partial charge in [0.2, 0.25) is 10.9 Å². The number of aromatic nitrogens is 3. The van der Waals surface area contributed by atoms with Crippen LogP contribution in [0.3, 0.4) is 0 Å². The number of rotatable bonds is 4. The molecule has 4 heterocycles. The second-order valence-electron chi connectivity index (χ2n) is 6.16. The lowest BCUT2D eigenvalue weighted by molar-refractivity contribution is -0.117. The SMILES string of the molecule is O=C(C1=C(O)C(=O)N(c2nncs2)C1c1c[nH]c2ccccc12)c1cccs1. The van der Waals surface area contributed by atoms with E-state index >= 15 is 0 Å². The summed E-state index contributed by atoms with van der Waals surface area (Å²) >= 11 is 2.43. The summed E-state index contributed by atoms with van der Waals surface area (Å²) in [7, 11) is 0. The van der Waals surface area contributed by atoms with Crippen LogP contribution >= 0.6 is 22.7 Å². The number of carbonyl (C=O) groups is 2. The van der Waals surface area contributed by atoms with Crippen molar-refractivity contribution in [2.45, 2.75) is 6.04 Å². The lowest BCUT2D eigenvalue weighted by Gasteiger charge is -2.23. The van der Waals surface area contributed by atoms with E-state index in [1.807, 2.05) is 24.3 Å². The number of carbonyl (C=O) groups excluding carboxylic acids is 2. The molecule has 1 amide bonds. The first-order valence-corrected chi connectivity index (χ1v) is 10.1. The van der Waals surface area contributed by atoms with E-state index in [0.717, 1.165) is 10.9 Å². The standard InChI is InChI=1S/C19H12N4O3S2/c24-16(13-6-3-7-27-13)14-15(11-8-20-12-5-2-1-4-10(11)12)23(18(26)17(14)25)19-22-21-9-28-19/h1-9,15,20,25H. The Labute approximate surface area is 166 Å². The van der Waals surface area contributed by atoms with Crippen molar-refractivity contribution < 1.29 is 14.7 Å². The van der Waals surface area contributed by atoms with Gasteiger partial charge in [0.1, 0.15) is 5.51 Å². The molecule has 1 atom stereocenters. The topological polar surface area (TPSA) is 99.2 Å². The van der Waals surface area contributed by atoms with Gasteiger partial charge in [-0.3, -0.25) is 14.5 Å². The zero-order valence-corrected chi connectivity index (χ0v) is 15.8. The van der Waals surface area contributed by atoms with Crippen molar-refractivity contribution in [2.75, 3.05) is 4.90 Å². The predicted molar refractivity (Wildman–Crippen MR) is 107 cm³/mol. The van der Waals surface area contributed by atoms with Crippen molar-refractivity contribution in [3.8, 4) is 0 Å². The van der Waals surface area contributed by atoms with E-state index in [4.69, 9.17) is 0 Å². The van der Waals surface area contributed by atoms with Gasteiger partial charge in [0.05, 0.1) is 16.5 Å². The zero-order chi connectivity index (χ0) is 19.3. The van der Waals surface area contributed by atoms with E-state index in [1.54, 1.807) is 23.7 Å². The van der Waals surface area contributed by atoms with Gasteiger partial charge in [-0.2, -0.15) is 0 Å². The van der Waals surface area contributed by atoms with Crippen LogP contribution < -0.4 is 4.90 Å². The van der Waals surface area contributed by atoms with Crippen molar-refractivity contribution in [1.82, 2.24) is 15.2 Å². The van der Waals surface area contributed by atoms with Crippen LogP contribution in [-0.2, 0) is 4.79 Å². The highest BCUT2D eigenvalue weighted by molar-refractivity contribution is 7.13. The first-order valence-electron chi connectivity index (χ1n) is 8.34. The summed E-state index contributed by atoms with van der Waals surface area (Å²) in [4.78, 5) is 31.1. The molecule has 138 valence electrons. The Bertz CT molecular complexity index is 1230. The van der Waals surface area contributed by atoms with Gasteiger partial charge < -0.3 is 10.1 Å². The highest BCUT2D eigenvalue weighted by Crippen LogP contribution is 2.44. The summed E-state index contributed by atoms with van der Waals surface area (Å²) in [6, 6.07) is 10.2. The Kier molecular flexibility index (Phi) is 3.85. The Morgan fingerprint density at radius 2 is 2.04 bits per heavy atom. The number of aliphatic hydroxyl groups excluding tert-OH is 1. The van der Waals surface area contributed by atoms with Crippen LogP contribution in [0.15, 0.2) is 64.8 Å².